The Morgan fingerprint density at radius 2 is 1.73 bits per heavy atom. The Labute approximate surface area is 277 Å². The molecule has 0 radical (unpaired) electrons. The van der Waals surface area contributed by atoms with Gasteiger partial charge in [0.25, 0.3) is 5.56 Å². The average molecular weight is 700 g/mol. The highest BCUT2D eigenvalue weighted by Crippen LogP contribution is 2.43. The van der Waals surface area contributed by atoms with Crippen LogP contribution in [0.4, 0.5) is 0 Å². The molecule has 0 spiro atoms. The number of hydrogen-bond donors (Lipinski definition) is 0. The van der Waals surface area contributed by atoms with E-state index in [0.29, 0.717) is 30.3 Å². The van der Waals surface area contributed by atoms with E-state index in [2.05, 4.69) is 34.1 Å². The predicted molar refractivity (Wildman–Crippen MR) is 182 cm³/mol. The lowest BCUT2D eigenvalue weighted by atomic mass is 9.83. The van der Waals surface area contributed by atoms with Gasteiger partial charge in [-0.1, -0.05) is 83.6 Å². The third-order valence-corrected chi connectivity index (χ3v) is 10.1. The minimum absolute atomic E-state index is 0.103. The molecule has 9 heteroatoms. The van der Waals surface area contributed by atoms with Crippen LogP contribution in [0.5, 0.6) is 17.2 Å². The summed E-state index contributed by atoms with van der Waals surface area (Å²) in [5, 5.41) is 0.635. The van der Waals surface area contributed by atoms with Gasteiger partial charge < -0.3 is 14.2 Å². The summed E-state index contributed by atoms with van der Waals surface area (Å²) >= 11 is 11.4. The van der Waals surface area contributed by atoms with Crippen molar-refractivity contribution in [2.24, 2.45) is 4.99 Å². The molecule has 1 aromatic heterocycles. The van der Waals surface area contributed by atoms with Gasteiger partial charge in [0.05, 0.1) is 35.0 Å². The van der Waals surface area contributed by atoms with Crippen LogP contribution >= 0.6 is 38.9 Å². The monoisotopic (exact) mass is 698 g/mol. The van der Waals surface area contributed by atoms with Gasteiger partial charge in [-0.05, 0) is 75.8 Å². The van der Waals surface area contributed by atoms with E-state index in [4.69, 9.17) is 30.8 Å². The van der Waals surface area contributed by atoms with Gasteiger partial charge in [-0.2, -0.15) is 0 Å². The zero-order valence-corrected chi connectivity index (χ0v) is 27.7. The van der Waals surface area contributed by atoms with Crippen molar-refractivity contribution in [3.8, 4) is 17.2 Å². The zero-order chi connectivity index (χ0) is 31.1. The van der Waals surface area contributed by atoms with Crippen molar-refractivity contribution in [1.29, 1.82) is 0 Å². The van der Waals surface area contributed by atoms with Crippen LogP contribution in [0.25, 0.3) is 11.8 Å². The first-order chi connectivity index (χ1) is 22.0. The third kappa shape index (κ3) is 5.41. The summed E-state index contributed by atoms with van der Waals surface area (Å²) in [6, 6.07) is 27.3. The molecular formula is C36H28BrClN2O4S. The normalized spacial score (nSPS) is 15.6. The SMILES string of the molecule is COc1ccccc1[C@@H]1C2=C(N=c3s/c(=C/c4cc(Br)c(OCc5ccccc5Cl)c(OC)c4)c(=O)n31)c1ccccc1CC2. The lowest BCUT2D eigenvalue weighted by molar-refractivity contribution is 0.282. The number of nitrogens with zero attached hydrogens (tertiary/aromatic N) is 2. The number of benzene rings is 4. The van der Waals surface area contributed by atoms with E-state index in [0.717, 1.165) is 52.1 Å². The molecule has 0 fully saturated rings. The van der Waals surface area contributed by atoms with Crippen LogP contribution in [0.2, 0.25) is 5.02 Å². The maximum Gasteiger partial charge on any atom is 0.271 e. The first-order valence-electron chi connectivity index (χ1n) is 14.5. The highest BCUT2D eigenvalue weighted by atomic mass is 79.9. The second kappa shape index (κ2) is 12.4. The van der Waals surface area contributed by atoms with Gasteiger partial charge in [-0.3, -0.25) is 9.36 Å². The number of ether oxygens (including phenoxy) is 3. The Kier molecular flexibility index (Phi) is 8.12. The quantitative estimate of drug-likeness (QED) is 0.179. The molecule has 45 heavy (non-hydrogen) atoms. The molecule has 4 aromatic carbocycles. The molecule has 0 N–H and O–H groups in total. The molecule has 0 amide bonds. The predicted octanol–water partition coefficient (Wildman–Crippen LogP) is 7.33. The van der Waals surface area contributed by atoms with Gasteiger partial charge in [0.1, 0.15) is 12.4 Å². The molecule has 7 rings (SSSR count). The Morgan fingerprint density at radius 1 is 0.978 bits per heavy atom. The summed E-state index contributed by atoms with van der Waals surface area (Å²) in [5.74, 6) is 1.83. The lowest BCUT2D eigenvalue weighted by Crippen LogP contribution is -2.39. The topological polar surface area (TPSA) is 62.0 Å². The van der Waals surface area contributed by atoms with Gasteiger partial charge in [0.15, 0.2) is 16.3 Å². The zero-order valence-electron chi connectivity index (χ0n) is 24.6. The molecule has 2 heterocycles. The number of thiazole rings is 1. The molecule has 1 aliphatic heterocycles. The minimum Gasteiger partial charge on any atom is -0.496 e. The number of methoxy groups -OCH3 is 2. The van der Waals surface area contributed by atoms with Crippen molar-refractivity contribution in [3.63, 3.8) is 0 Å². The number of aromatic nitrogens is 1. The summed E-state index contributed by atoms with van der Waals surface area (Å²) in [7, 11) is 3.26. The number of halogens is 2. The van der Waals surface area contributed by atoms with E-state index in [-0.39, 0.29) is 18.2 Å². The van der Waals surface area contributed by atoms with E-state index in [1.807, 2.05) is 77.4 Å². The van der Waals surface area contributed by atoms with Crippen molar-refractivity contribution in [3.05, 3.63) is 148 Å². The van der Waals surface area contributed by atoms with Gasteiger partial charge in [-0.15, -0.1) is 0 Å². The molecule has 0 saturated heterocycles. The maximum absolute atomic E-state index is 14.3. The second-order valence-corrected chi connectivity index (χ2v) is 13.0. The van der Waals surface area contributed by atoms with Crippen LogP contribution in [0.15, 0.2) is 105 Å². The number of para-hydroxylation sites is 1. The summed E-state index contributed by atoms with van der Waals surface area (Å²) < 4.78 is 20.7. The Bertz CT molecular complexity index is 2170. The Balaban J connectivity index is 1.35. The van der Waals surface area contributed by atoms with Gasteiger partial charge in [0, 0.05) is 21.7 Å². The van der Waals surface area contributed by atoms with Crippen LogP contribution < -0.4 is 29.1 Å². The van der Waals surface area contributed by atoms with Crippen LogP contribution in [0, 0.1) is 0 Å². The average Bonchev–Trinajstić information content (AvgIpc) is 3.37. The van der Waals surface area contributed by atoms with E-state index >= 15 is 0 Å². The second-order valence-electron chi connectivity index (χ2n) is 10.8. The van der Waals surface area contributed by atoms with Crippen molar-refractivity contribution in [2.45, 2.75) is 25.5 Å². The molecule has 0 bridgehead atoms. The van der Waals surface area contributed by atoms with Gasteiger partial charge in [-0.25, -0.2) is 4.99 Å². The number of allylic oxidation sites excluding steroid dienone is 1. The fraction of sp³-hybridized carbons (Fsp3) is 0.167. The summed E-state index contributed by atoms with van der Waals surface area (Å²) in [4.78, 5) is 20.0. The summed E-state index contributed by atoms with van der Waals surface area (Å²) in [6.07, 6.45) is 3.58. The first-order valence-corrected chi connectivity index (χ1v) is 16.5. The fourth-order valence-corrected chi connectivity index (χ4v) is 7.84. The van der Waals surface area contributed by atoms with E-state index in [9.17, 15) is 4.79 Å². The van der Waals surface area contributed by atoms with Crippen molar-refractivity contribution < 1.29 is 14.2 Å². The van der Waals surface area contributed by atoms with Crippen LogP contribution in [0.1, 0.15) is 40.3 Å². The van der Waals surface area contributed by atoms with Crippen molar-refractivity contribution in [1.82, 2.24) is 4.57 Å². The van der Waals surface area contributed by atoms with Crippen molar-refractivity contribution in [2.75, 3.05) is 14.2 Å². The lowest BCUT2D eigenvalue weighted by Gasteiger charge is -2.31. The van der Waals surface area contributed by atoms with E-state index < -0.39 is 0 Å². The molecular weight excluding hydrogens is 672 g/mol. The molecule has 1 aliphatic carbocycles. The first kappa shape index (κ1) is 29.6. The third-order valence-electron chi connectivity index (χ3n) is 8.19. The highest BCUT2D eigenvalue weighted by molar-refractivity contribution is 9.10. The smallest absolute Gasteiger partial charge is 0.271 e. The summed E-state index contributed by atoms with van der Waals surface area (Å²) in [6.45, 7) is 0.281. The van der Waals surface area contributed by atoms with Gasteiger partial charge in [0.2, 0.25) is 0 Å². The van der Waals surface area contributed by atoms with Crippen LogP contribution in [-0.4, -0.2) is 18.8 Å². The van der Waals surface area contributed by atoms with Gasteiger partial charge >= 0.3 is 0 Å². The molecule has 226 valence electrons. The van der Waals surface area contributed by atoms with E-state index in [1.165, 1.54) is 16.9 Å². The minimum atomic E-state index is -0.329. The van der Waals surface area contributed by atoms with Crippen molar-refractivity contribution >= 4 is 50.6 Å². The summed E-state index contributed by atoms with van der Waals surface area (Å²) in [5.41, 5.74) is 6.97. The maximum atomic E-state index is 14.3. The number of rotatable bonds is 7. The standard InChI is InChI=1S/C36H28BrClN2O4S/c1-42-29-14-8-6-12-25(29)33-26-16-15-22-9-3-5-11-24(22)32(26)39-36-40(33)35(41)31(45-36)19-21-17-27(37)34(30(18-21)43-2)44-20-23-10-4-7-13-28(23)38/h3-14,17-19,33H,15-16,20H2,1-2H3/b31-19+/t33-/m1/s1. The van der Waals surface area contributed by atoms with Crippen LogP contribution in [0.3, 0.4) is 0 Å². The van der Waals surface area contributed by atoms with E-state index in [1.54, 1.807) is 14.2 Å². The number of fused-ring (bicyclic) bond motifs is 3. The largest absolute Gasteiger partial charge is 0.496 e. The highest BCUT2D eigenvalue weighted by Gasteiger charge is 2.34. The fourth-order valence-electron chi connectivity index (χ4n) is 6.07. The Morgan fingerprint density at radius 3 is 2.56 bits per heavy atom. The molecule has 2 aliphatic rings. The molecule has 6 nitrogen and oxygen atoms in total. The molecule has 0 unspecified atom stereocenters. The number of aryl methyl sites for hydroxylation is 1. The van der Waals surface area contributed by atoms with Crippen LogP contribution in [-0.2, 0) is 13.0 Å². The molecule has 5 aromatic rings. The number of hydrogen-bond acceptors (Lipinski definition) is 6. The molecule has 1 atom stereocenters. The Hall–Kier alpha value is -4.11. The molecule has 0 saturated carbocycles.